The van der Waals surface area contributed by atoms with Gasteiger partial charge in [0.15, 0.2) is 0 Å². The summed E-state index contributed by atoms with van der Waals surface area (Å²) in [4.78, 5) is 3.93. The summed E-state index contributed by atoms with van der Waals surface area (Å²) >= 11 is 0. The van der Waals surface area contributed by atoms with Crippen LogP contribution in [-0.4, -0.2) is 33.4 Å². The first-order valence-electron chi connectivity index (χ1n) is 4.34. The van der Waals surface area contributed by atoms with Crippen molar-refractivity contribution in [2.24, 2.45) is 0 Å². The lowest BCUT2D eigenvalue weighted by Crippen LogP contribution is -2.06. The standard InChI is InChI=1S/C9H13NO4S/c1-13-9-7-8(3-5-10-9)4-6-14-15(2,11)12/h3,5,7H,4,6H2,1-2H3. The molecule has 6 heteroatoms. The number of pyridine rings is 1. The van der Waals surface area contributed by atoms with Crippen LogP contribution in [0.15, 0.2) is 18.3 Å². The highest BCUT2D eigenvalue weighted by Gasteiger charge is 2.02. The van der Waals surface area contributed by atoms with Crippen molar-refractivity contribution < 1.29 is 17.3 Å². The molecule has 0 aliphatic heterocycles. The van der Waals surface area contributed by atoms with Crippen LogP contribution in [0.2, 0.25) is 0 Å². The zero-order valence-electron chi connectivity index (χ0n) is 8.63. The fourth-order valence-corrected chi connectivity index (χ4v) is 1.41. The van der Waals surface area contributed by atoms with E-state index in [0.29, 0.717) is 12.3 Å². The highest BCUT2D eigenvalue weighted by atomic mass is 32.2. The molecule has 1 rings (SSSR count). The van der Waals surface area contributed by atoms with Gasteiger partial charge in [-0.1, -0.05) is 0 Å². The third kappa shape index (κ3) is 4.75. The van der Waals surface area contributed by atoms with E-state index in [4.69, 9.17) is 4.74 Å². The second-order valence-corrected chi connectivity index (χ2v) is 4.63. The largest absolute Gasteiger partial charge is 0.481 e. The predicted molar refractivity (Wildman–Crippen MR) is 55.3 cm³/mol. The molecule has 0 N–H and O–H groups in total. The fourth-order valence-electron chi connectivity index (χ4n) is 1.03. The smallest absolute Gasteiger partial charge is 0.264 e. The Morgan fingerprint density at radius 1 is 1.47 bits per heavy atom. The van der Waals surface area contributed by atoms with Gasteiger partial charge in [0.05, 0.1) is 20.0 Å². The molecule has 0 amide bonds. The minimum absolute atomic E-state index is 0.131. The van der Waals surface area contributed by atoms with Gasteiger partial charge in [0.25, 0.3) is 10.1 Å². The van der Waals surface area contributed by atoms with Gasteiger partial charge in [-0.25, -0.2) is 4.98 Å². The normalized spacial score (nSPS) is 11.3. The van der Waals surface area contributed by atoms with Gasteiger partial charge in [-0.3, -0.25) is 4.18 Å². The molecule has 1 aromatic heterocycles. The molecule has 1 aromatic rings. The first kappa shape index (κ1) is 11.9. The molecule has 0 saturated heterocycles. The molecule has 0 aliphatic rings. The van der Waals surface area contributed by atoms with Gasteiger partial charge in [-0.15, -0.1) is 0 Å². The van der Waals surface area contributed by atoms with E-state index in [9.17, 15) is 8.42 Å². The molecule has 0 aliphatic carbocycles. The van der Waals surface area contributed by atoms with E-state index in [1.807, 2.05) is 0 Å². The van der Waals surface area contributed by atoms with Gasteiger partial charge >= 0.3 is 0 Å². The Balaban J connectivity index is 2.51. The van der Waals surface area contributed by atoms with Crippen LogP contribution in [-0.2, 0) is 20.7 Å². The van der Waals surface area contributed by atoms with Gasteiger partial charge in [0.2, 0.25) is 5.88 Å². The van der Waals surface area contributed by atoms with Crippen molar-refractivity contribution in [1.29, 1.82) is 0 Å². The van der Waals surface area contributed by atoms with E-state index in [-0.39, 0.29) is 6.61 Å². The Hall–Kier alpha value is -1.14. The Morgan fingerprint density at radius 3 is 2.80 bits per heavy atom. The quantitative estimate of drug-likeness (QED) is 0.695. The minimum atomic E-state index is -3.36. The molecule has 1 heterocycles. The predicted octanol–water partition coefficient (Wildman–Crippen LogP) is 0.609. The van der Waals surface area contributed by atoms with Crippen molar-refractivity contribution in [3.8, 4) is 5.88 Å². The average Bonchev–Trinajstić information content (AvgIpc) is 2.16. The molecule has 0 bridgehead atoms. The highest BCUT2D eigenvalue weighted by Crippen LogP contribution is 2.09. The lowest BCUT2D eigenvalue weighted by molar-refractivity contribution is 0.325. The Labute approximate surface area is 89.2 Å². The first-order chi connectivity index (χ1) is 7.01. The monoisotopic (exact) mass is 231 g/mol. The zero-order chi connectivity index (χ0) is 11.3. The molecule has 0 unspecified atom stereocenters. The van der Waals surface area contributed by atoms with E-state index < -0.39 is 10.1 Å². The van der Waals surface area contributed by atoms with Crippen LogP contribution in [0.4, 0.5) is 0 Å². The number of hydrogen-bond acceptors (Lipinski definition) is 5. The van der Waals surface area contributed by atoms with Gasteiger partial charge in [0.1, 0.15) is 0 Å². The third-order valence-corrected chi connectivity index (χ3v) is 2.29. The Bertz CT molecular complexity index is 416. The van der Waals surface area contributed by atoms with Crippen molar-refractivity contribution in [1.82, 2.24) is 4.98 Å². The van der Waals surface area contributed by atoms with Crippen molar-refractivity contribution in [3.63, 3.8) is 0 Å². The summed E-state index contributed by atoms with van der Waals surface area (Å²) in [7, 11) is -1.83. The molecule has 84 valence electrons. The average molecular weight is 231 g/mol. The third-order valence-electron chi connectivity index (χ3n) is 1.70. The van der Waals surface area contributed by atoms with Gasteiger partial charge in [-0.2, -0.15) is 8.42 Å². The van der Waals surface area contributed by atoms with Crippen LogP contribution in [0.1, 0.15) is 5.56 Å². The summed E-state index contributed by atoms with van der Waals surface area (Å²) in [6, 6.07) is 3.53. The lowest BCUT2D eigenvalue weighted by Gasteiger charge is -2.03. The molecular weight excluding hydrogens is 218 g/mol. The first-order valence-corrected chi connectivity index (χ1v) is 6.16. The summed E-state index contributed by atoms with van der Waals surface area (Å²) < 4.78 is 30.9. The van der Waals surface area contributed by atoms with Gasteiger partial charge < -0.3 is 4.74 Å². The minimum Gasteiger partial charge on any atom is -0.481 e. The van der Waals surface area contributed by atoms with Crippen LogP contribution in [0.25, 0.3) is 0 Å². The molecule has 0 aromatic carbocycles. The molecule has 0 saturated carbocycles. The Kier molecular flexibility index (Phi) is 4.05. The number of hydrogen-bond donors (Lipinski definition) is 0. The van der Waals surface area contributed by atoms with Crippen molar-refractivity contribution in [2.75, 3.05) is 20.0 Å². The molecule has 0 spiro atoms. The molecular formula is C9H13NO4S. The number of rotatable bonds is 5. The zero-order valence-corrected chi connectivity index (χ0v) is 9.45. The molecule has 15 heavy (non-hydrogen) atoms. The van der Waals surface area contributed by atoms with Crippen molar-refractivity contribution >= 4 is 10.1 Å². The van der Waals surface area contributed by atoms with Gasteiger partial charge in [-0.05, 0) is 18.1 Å². The molecule has 0 fully saturated rings. The number of ether oxygens (including phenoxy) is 1. The van der Waals surface area contributed by atoms with Crippen LogP contribution < -0.4 is 4.74 Å². The summed E-state index contributed by atoms with van der Waals surface area (Å²) in [5, 5.41) is 0. The van der Waals surface area contributed by atoms with Gasteiger partial charge in [0, 0.05) is 12.3 Å². The summed E-state index contributed by atoms with van der Waals surface area (Å²) in [6.07, 6.45) is 3.14. The van der Waals surface area contributed by atoms with Crippen LogP contribution >= 0.6 is 0 Å². The van der Waals surface area contributed by atoms with E-state index in [1.165, 1.54) is 7.11 Å². The Morgan fingerprint density at radius 2 is 2.20 bits per heavy atom. The molecule has 0 atom stereocenters. The second kappa shape index (κ2) is 5.09. The van der Waals surface area contributed by atoms with E-state index >= 15 is 0 Å². The maximum Gasteiger partial charge on any atom is 0.264 e. The van der Waals surface area contributed by atoms with Crippen LogP contribution in [0.3, 0.4) is 0 Å². The molecule has 0 radical (unpaired) electrons. The lowest BCUT2D eigenvalue weighted by atomic mass is 10.2. The number of nitrogens with zero attached hydrogens (tertiary/aromatic N) is 1. The number of aromatic nitrogens is 1. The van der Waals surface area contributed by atoms with Crippen molar-refractivity contribution in [3.05, 3.63) is 23.9 Å². The topological polar surface area (TPSA) is 65.5 Å². The second-order valence-electron chi connectivity index (χ2n) is 2.98. The number of methoxy groups -OCH3 is 1. The maximum atomic E-state index is 10.7. The maximum absolute atomic E-state index is 10.7. The van der Waals surface area contributed by atoms with E-state index in [0.717, 1.165) is 11.8 Å². The highest BCUT2D eigenvalue weighted by molar-refractivity contribution is 7.85. The van der Waals surface area contributed by atoms with Crippen LogP contribution in [0, 0.1) is 0 Å². The van der Waals surface area contributed by atoms with E-state index in [1.54, 1.807) is 18.3 Å². The van der Waals surface area contributed by atoms with Crippen molar-refractivity contribution in [2.45, 2.75) is 6.42 Å². The SMILES string of the molecule is COc1cc(CCOS(C)(=O)=O)ccn1. The summed E-state index contributed by atoms with van der Waals surface area (Å²) in [5.74, 6) is 0.506. The fraction of sp³-hybridized carbons (Fsp3) is 0.444. The molecule has 5 nitrogen and oxygen atoms in total. The summed E-state index contributed by atoms with van der Waals surface area (Å²) in [5.41, 5.74) is 0.922. The van der Waals surface area contributed by atoms with Crippen LogP contribution in [0.5, 0.6) is 5.88 Å². The summed E-state index contributed by atoms with van der Waals surface area (Å²) in [6.45, 7) is 0.131. The van der Waals surface area contributed by atoms with E-state index in [2.05, 4.69) is 9.17 Å².